The number of rotatable bonds is 3. The minimum atomic E-state index is 0.158. The molecule has 2 aromatic rings. The molecule has 0 aliphatic carbocycles. The molecule has 0 spiro atoms. The third kappa shape index (κ3) is 2.53. The number of aromatic nitrogens is 1. The Morgan fingerprint density at radius 2 is 2.26 bits per heavy atom. The number of pyridine rings is 1. The van der Waals surface area contributed by atoms with Crippen LogP contribution < -0.4 is 5.32 Å². The van der Waals surface area contributed by atoms with Crippen molar-refractivity contribution in [1.29, 1.82) is 0 Å². The molecule has 3 heteroatoms. The van der Waals surface area contributed by atoms with Crippen LogP contribution in [0.15, 0.2) is 42.7 Å². The van der Waals surface area contributed by atoms with Crippen molar-refractivity contribution in [2.75, 3.05) is 20.2 Å². The maximum Gasteiger partial charge on any atom is 0.0952 e. The first-order chi connectivity index (χ1) is 9.38. The SMILES string of the molecule is CNC[C@@H]1OCCc2ccc(-c3cccnc3)cc21. The van der Waals surface area contributed by atoms with E-state index in [9.17, 15) is 0 Å². The van der Waals surface area contributed by atoms with E-state index in [1.165, 1.54) is 16.7 Å². The van der Waals surface area contributed by atoms with Crippen LogP contribution in [0.25, 0.3) is 11.1 Å². The highest BCUT2D eigenvalue weighted by Gasteiger charge is 2.20. The van der Waals surface area contributed by atoms with Gasteiger partial charge in [-0.1, -0.05) is 18.2 Å². The fraction of sp³-hybridized carbons (Fsp3) is 0.312. The van der Waals surface area contributed by atoms with Crippen LogP contribution >= 0.6 is 0 Å². The maximum atomic E-state index is 5.86. The van der Waals surface area contributed by atoms with Crippen LogP contribution in [0.2, 0.25) is 0 Å². The van der Waals surface area contributed by atoms with Gasteiger partial charge in [0.25, 0.3) is 0 Å². The van der Waals surface area contributed by atoms with Gasteiger partial charge in [-0.3, -0.25) is 4.98 Å². The minimum absolute atomic E-state index is 0.158. The van der Waals surface area contributed by atoms with Crippen molar-refractivity contribution in [2.24, 2.45) is 0 Å². The van der Waals surface area contributed by atoms with Gasteiger partial charge >= 0.3 is 0 Å². The summed E-state index contributed by atoms with van der Waals surface area (Å²) in [4.78, 5) is 4.18. The lowest BCUT2D eigenvalue weighted by Gasteiger charge is -2.26. The van der Waals surface area contributed by atoms with Gasteiger partial charge < -0.3 is 10.1 Å². The van der Waals surface area contributed by atoms with Gasteiger partial charge in [-0.05, 0) is 47.9 Å². The Kier molecular flexibility index (Phi) is 3.58. The number of hydrogen-bond donors (Lipinski definition) is 1. The van der Waals surface area contributed by atoms with E-state index in [2.05, 4.69) is 34.6 Å². The molecule has 0 radical (unpaired) electrons. The molecule has 1 aliphatic rings. The van der Waals surface area contributed by atoms with E-state index in [1.807, 2.05) is 19.3 Å². The Hall–Kier alpha value is -1.71. The normalized spacial score (nSPS) is 18.1. The van der Waals surface area contributed by atoms with Crippen LogP contribution in [0.1, 0.15) is 17.2 Å². The smallest absolute Gasteiger partial charge is 0.0952 e. The molecule has 1 aliphatic heterocycles. The lowest BCUT2D eigenvalue weighted by molar-refractivity contribution is 0.0439. The van der Waals surface area contributed by atoms with Crippen LogP contribution in [0.3, 0.4) is 0 Å². The topological polar surface area (TPSA) is 34.1 Å². The molecule has 98 valence electrons. The number of ether oxygens (including phenoxy) is 1. The van der Waals surface area contributed by atoms with E-state index in [-0.39, 0.29) is 6.10 Å². The third-order valence-electron chi connectivity index (χ3n) is 3.57. The molecule has 0 bridgehead atoms. The summed E-state index contributed by atoms with van der Waals surface area (Å²) in [5.74, 6) is 0. The first kappa shape index (κ1) is 12.3. The second-order valence-electron chi connectivity index (χ2n) is 4.82. The zero-order valence-corrected chi connectivity index (χ0v) is 11.1. The Balaban J connectivity index is 2.00. The van der Waals surface area contributed by atoms with Crippen molar-refractivity contribution in [3.63, 3.8) is 0 Å². The van der Waals surface area contributed by atoms with E-state index >= 15 is 0 Å². The molecule has 19 heavy (non-hydrogen) atoms. The Morgan fingerprint density at radius 1 is 1.32 bits per heavy atom. The average molecular weight is 254 g/mol. The monoisotopic (exact) mass is 254 g/mol. The average Bonchev–Trinajstić information content (AvgIpc) is 2.48. The molecule has 1 aromatic carbocycles. The molecule has 3 nitrogen and oxygen atoms in total. The Labute approximate surface area is 113 Å². The summed E-state index contributed by atoms with van der Waals surface area (Å²) in [5, 5.41) is 3.20. The van der Waals surface area contributed by atoms with Crippen molar-refractivity contribution in [3.8, 4) is 11.1 Å². The third-order valence-corrected chi connectivity index (χ3v) is 3.57. The molecular weight excluding hydrogens is 236 g/mol. The van der Waals surface area contributed by atoms with E-state index in [4.69, 9.17) is 4.74 Å². The summed E-state index contributed by atoms with van der Waals surface area (Å²) >= 11 is 0. The van der Waals surface area contributed by atoms with Crippen molar-refractivity contribution in [2.45, 2.75) is 12.5 Å². The van der Waals surface area contributed by atoms with Crippen molar-refractivity contribution in [3.05, 3.63) is 53.9 Å². The number of benzene rings is 1. The molecule has 1 N–H and O–H groups in total. The van der Waals surface area contributed by atoms with E-state index in [1.54, 1.807) is 6.20 Å². The molecule has 0 unspecified atom stereocenters. The maximum absolute atomic E-state index is 5.86. The van der Waals surface area contributed by atoms with E-state index < -0.39 is 0 Å². The van der Waals surface area contributed by atoms with Gasteiger partial charge in [0.2, 0.25) is 0 Å². The second-order valence-corrected chi connectivity index (χ2v) is 4.82. The summed E-state index contributed by atoms with van der Waals surface area (Å²) in [5.41, 5.74) is 5.07. The molecule has 1 aromatic heterocycles. The summed E-state index contributed by atoms with van der Waals surface area (Å²) in [6.45, 7) is 1.66. The molecule has 1 atom stereocenters. The molecule has 0 saturated heterocycles. The summed E-state index contributed by atoms with van der Waals surface area (Å²) < 4.78 is 5.86. The lowest BCUT2D eigenvalue weighted by Crippen LogP contribution is -2.25. The number of nitrogens with one attached hydrogen (secondary N) is 1. The Bertz CT molecular complexity index is 554. The lowest BCUT2D eigenvalue weighted by atomic mass is 9.93. The zero-order chi connectivity index (χ0) is 13.1. The second kappa shape index (κ2) is 5.51. The predicted molar refractivity (Wildman–Crippen MR) is 76.0 cm³/mol. The molecule has 0 amide bonds. The van der Waals surface area contributed by atoms with Crippen LogP contribution in [0, 0.1) is 0 Å². The fourth-order valence-electron chi connectivity index (χ4n) is 2.59. The highest BCUT2D eigenvalue weighted by molar-refractivity contribution is 5.64. The fourth-order valence-corrected chi connectivity index (χ4v) is 2.59. The molecule has 3 rings (SSSR count). The standard InChI is InChI=1S/C16H18N2O/c1-17-11-16-15-9-13(14-3-2-7-18-10-14)5-4-12(15)6-8-19-16/h2-5,7,9-10,16-17H,6,8,11H2,1H3/t16-/m0/s1. The van der Waals surface area contributed by atoms with Gasteiger partial charge in [0.15, 0.2) is 0 Å². The molecule has 2 heterocycles. The van der Waals surface area contributed by atoms with E-state index in [0.717, 1.165) is 25.1 Å². The van der Waals surface area contributed by atoms with Crippen LogP contribution in [0.4, 0.5) is 0 Å². The number of nitrogens with zero attached hydrogens (tertiary/aromatic N) is 1. The van der Waals surface area contributed by atoms with E-state index in [0.29, 0.717) is 0 Å². The Morgan fingerprint density at radius 3 is 3.05 bits per heavy atom. The largest absolute Gasteiger partial charge is 0.372 e. The van der Waals surface area contributed by atoms with Gasteiger partial charge in [0.1, 0.15) is 0 Å². The van der Waals surface area contributed by atoms with Crippen LogP contribution in [0.5, 0.6) is 0 Å². The zero-order valence-electron chi connectivity index (χ0n) is 11.1. The van der Waals surface area contributed by atoms with Crippen molar-refractivity contribution in [1.82, 2.24) is 10.3 Å². The number of likely N-dealkylation sites (N-methyl/N-ethyl adjacent to an activating group) is 1. The first-order valence-electron chi connectivity index (χ1n) is 6.68. The number of fused-ring (bicyclic) bond motifs is 1. The van der Waals surface area contributed by atoms with Gasteiger partial charge in [0.05, 0.1) is 12.7 Å². The van der Waals surface area contributed by atoms with Gasteiger partial charge in [-0.2, -0.15) is 0 Å². The summed E-state index contributed by atoms with van der Waals surface area (Å²) in [6.07, 6.45) is 4.86. The van der Waals surface area contributed by atoms with Crippen LogP contribution in [-0.4, -0.2) is 25.2 Å². The van der Waals surface area contributed by atoms with Gasteiger partial charge in [-0.25, -0.2) is 0 Å². The predicted octanol–water partition coefficient (Wildman–Crippen LogP) is 2.58. The number of hydrogen-bond acceptors (Lipinski definition) is 3. The first-order valence-corrected chi connectivity index (χ1v) is 6.68. The molecule has 0 saturated carbocycles. The van der Waals surface area contributed by atoms with Crippen molar-refractivity contribution >= 4 is 0 Å². The quantitative estimate of drug-likeness (QED) is 0.914. The van der Waals surface area contributed by atoms with Crippen molar-refractivity contribution < 1.29 is 4.74 Å². The molecule has 0 fully saturated rings. The van der Waals surface area contributed by atoms with Crippen LogP contribution in [-0.2, 0) is 11.2 Å². The minimum Gasteiger partial charge on any atom is -0.372 e. The highest BCUT2D eigenvalue weighted by atomic mass is 16.5. The summed E-state index contributed by atoms with van der Waals surface area (Å²) in [7, 11) is 1.96. The van der Waals surface area contributed by atoms with Gasteiger partial charge in [-0.15, -0.1) is 0 Å². The highest BCUT2D eigenvalue weighted by Crippen LogP contribution is 2.30. The van der Waals surface area contributed by atoms with Gasteiger partial charge in [0, 0.05) is 18.9 Å². The molecular formula is C16H18N2O. The summed E-state index contributed by atoms with van der Waals surface area (Å²) in [6, 6.07) is 10.7.